The van der Waals surface area contributed by atoms with Crippen molar-refractivity contribution >= 4 is 55.8 Å². The Morgan fingerprint density at radius 1 is 0.625 bits per heavy atom. The predicted octanol–water partition coefficient (Wildman–Crippen LogP) is 7.11. The molecule has 0 atom stereocenters. The van der Waals surface area contributed by atoms with Crippen LogP contribution in [0, 0.1) is 11.3 Å². The van der Waals surface area contributed by atoms with Crippen LogP contribution in [-0.2, 0) is 4.57 Å². The highest BCUT2D eigenvalue weighted by Gasteiger charge is 2.29. The van der Waals surface area contributed by atoms with E-state index in [2.05, 4.69) is 36.4 Å². The fourth-order valence-electron chi connectivity index (χ4n) is 5.41. The quantitative estimate of drug-likeness (QED) is 0.138. The number of fused-ring (bicyclic) bond motifs is 4. The summed E-state index contributed by atoms with van der Waals surface area (Å²) in [5.41, 5.74) is 5.01. The zero-order chi connectivity index (χ0) is 27.1. The molecule has 0 saturated heterocycles. The number of hydrogen-bond donors (Lipinski definition) is 0. The molecule has 0 N–H and O–H groups in total. The van der Waals surface area contributed by atoms with Gasteiger partial charge in [-0.2, -0.15) is 5.26 Å². The Morgan fingerprint density at radius 2 is 1.30 bits per heavy atom. The normalized spacial score (nSPS) is 11.6. The molecule has 4 nitrogen and oxygen atoms in total. The highest BCUT2D eigenvalue weighted by molar-refractivity contribution is 7.85. The van der Waals surface area contributed by atoms with E-state index in [9.17, 15) is 9.83 Å². The Hall–Kier alpha value is -5.10. The number of nitrogens with zero attached hydrogens (tertiary/aromatic N) is 3. The summed E-state index contributed by atoms with van der Waals surface area (Å²) in [7, 11) is -3.05. The van der Waals surface area contributed by atoms with E-state index in [1.54, 1.807) is 6.20 Å². The van der Waals surface area contributed by atoms with Crippen molar-refractivity contribution in [1.82, 2.24) is 9.97 Å². The number of hydrogen-bond acceptors (Lipinski definition) is 4. The molecule has 0 bridgehead atoms. The fraction of sp³-hybridized carbons (Fsp3) is 0. The van der Waals surface area contributed by atoms with Crippen molar-refractivity contribution in [3.05, 3.63) is 139 Å². The average molecular weight is 532 g/mol. The molecule has 188 valence electrons. The predicted molar refractivity (Wildman–Crippen MR) is 164 cm³/mol. The molecule has 0 aliphatic rings. The van der Waals surface area contributed by atoms with Crippen LogP contribution in [-0.4, -0.2) is 9.97 Å². The van der Waals surface area contributed by atoms with Gasteiger partial charge in [0.2, 0.25) is 0 Å². The summed E-state index contributed by atoms with van der Waals surface area (Å²) < 4.78 is 14.8. The third-order valence-electron chi connectivity index (χ3n) is 7.38. The fourth-order valence-corrected chi connectivity index (χ4v) is 8.06. The van der Waals surface area contributed by atoms with Crippen LogP contribution >= 0.6 is 7.14 Å². The van der Waals surface area contributed by atoms with Crippen molar-refractivity contribution in [2.45, 2.75) is 0 Å². The van der Waals surface area contributed by atoms with Crippen molar-refractivity contribution in [2.75, 3.05) is 0 Å². The summed E-state index contributed by atoms with van der Waals surface area (Å²) in [5, 5.41) is 14.7. The summed E-state index contributed by atoms with van der Waals surface area (Å²) in [5.74, 6) is 0. The Kier molecular flexibility index (Phi) is 5.74. The minimum atomic E-state index is -3.05. The van der Waals surface area contributed by atoms with Gasteiger partial charge in [-0.3, -0.25) is 4.98 Å². The summed E-state index contributed by atoms with van der Waals surface area (Å²) in [4.78, 5) is 9.62. The Bertz CT molecular complexity index is 2090. The van der Waals surface area contributed by atoms with Crippen LogP contribution in [0.15, 0.2) is 134 Å². The molecule has 0 aliphatic heterocycles. The SMILES string of the molecule is N#Cc1ccc2cc3cc(-c4ccc(P(=O)(c5ccccc5)c5ccccc5)cc4)c4cccnc4c3nc2c1. The second-order valence-corrected chi connectivity index (χ2v) is 12.5. The minimum Gasteiger partial charge on any atom is -0.309 e. The molecule has 0 spiro atoms. The zero-order valence-electron chi connectivity index (χ0n) is 21.4. The van der Waals surface area contributed by atoms with E-state index in [4.69, 9.17) is 9.97 Å². The Labute approximate surface area is 231 Å². The van der Waals surface area contributed by atoms with Gasteiger partial charge >= 0.3 is 0 Å². The second-order valence-electron chi connectivity index (χ2n) is 9.73. The smallest absolute Gasteiger partial charge is 0.171 e. The summed E-state index contributed by atoms with van der Waals surface area (Å²) in [6, 6.07) is 43.5. The van der Waals surface area contributed by atoms with E-state index in [0.29, 0.717) is 5.56 Å². The second kappa shape index (κ2) is 9.58. The van der Waals surface area contributed by atoms with Gasteiger partial charge in [-0.05, 0) is 41.5 Å². The number of rotatable bonds is 4. The zero-order valence-corrected chi connectivity index (χ0v) is 22.3. The molecule has 0 fully saturated rings. The molecule has 0 aliphatic carbocycles. The van der Waals surface area contributed by atoms with Gasteiger partial charge in [0.1, 0.15) is 0 Å². The van der Waals surface area contributed by atoms with Gasteiger partial charge in [-0.1, -0.05) is 97.1 Å². The first-order chi connectivity index (χ1) is 19.6. The molecule has 7 rings (SSSR count). The molecule has 2 heterocycles. The Balaban J connectivity index is 1.41. The van der Waals surface area contributed by atoms with Crippen molar-refractivity contribution in [3.63, 3.8) is 0 Å². The number of nitriles is 1. The first-order valence-electron chi connectivity index (χ1n) is 13.0. The lowest BCUT2D eigenvalue weighted by Gasteiger charge is -2.20. The van der Waals surface area contributed by atoms with Gasteiger partial charge in [0.05, 0.1) is 28.2 Å². The topological polar surface area (TPSA) is 66.6 Å². The van der Waals surface area contributed by atoms with E-state index in [-0.39, 0.29) is 0 Å². The molecule has 0 amide bonds. The van der Waals surface area contributed by atoms with Crippen LogP contribution in [0.5, 0.6) is 0 Å². The van der Waals surface area contributed by atoms with Crippen LogP contribution < -0.4 is 15.9 Å². The van der Waals surface area contributed by atoms with E-state index in [0.717, 1.165) is 59.7 Å². The molecular weight excluding hydrogens is 509 g/mol. The summed E-state index contributed by atoms with van der Waals surface area (Å²) in [6.45, 7) is 0. The maximum absolute atomic E-state index is 14.8. The van der Waals surface area contributed by atoms with Gasteiger partial charge in [0.15, 0.2) is 7.14 Å². The molecule has 7 aromatic rings. The van der Waals surface area contributed by atoms with Crippen LogP contribution in [0.25, 0.3) is 43.8 Å². The number of pyridine rings is 2. The van der Waals surface area contributed by atoms with Crippen LogP contribution in [0.3, 0.4) is 0 Å². The van der Waals surface area contributed by atoms with Crippen LogP contribution in [0.2, 0.25) is 0 Å². The van der Waals surface area contributed by atoms with E-state index in [1.807, 2.05) is 97.1 Å². The molecule has 5 heteroatoms. The summed E-state index contributed by atoms with van der Waals surface area (Å²) >= 11 is 0. The van der Waals surface area contributed by atoms with Gasteiger partial charge in [0.25, 0.3) is 0 Å². The highest BCUT2D eigenvalue weighted by Crippen LogP contribution is 2.43. The maximum Gasteiger partial charge on any atom is 0.171 e. The van der Waals surface area contributed by atoms with Crippen molar-refractivity contribution in [3.8, 4) is 17.2 Å². The molecular formula is C35H22N3OP. The third-order valence-corrected chi connectivity index (χ3v) is 10.5. The highest BCUT2D eigenvalue weighted by atomic mass is 31.2. The largest absolute Gasteiger partial charge is 0.309 e. The Morgan fingerprint density at radius 3 is 1.98 bits per heavy atom. The van der Waals surface area contributed by atoms with E-state index in [1.165, 1.54) is 0 Å². The molecule has 5 aromatic carbocycles. The number of benzene rings is 5. The molecule has 0 radical (unpaired) electrons. The lowest BCUT2D eigenvalue weighted by molar-refractivity contribution is 0.592. The molecule has 0 saturated carbocycles. The van der Waals surface area contributed by atoms with E-state index < -0.39 is 7.14 Å². The monoisotopic (exact) mass is 531 g/mol. The molecule has 2 aromatic heterocycles. The first kappa shape index (κ1) is 24.0. The van der Waals surface area contributed by atoms with Gasteiger partial charge in [0, 0.05) is 38.3 Å². The van der Waals surface area contributed by atoms with Gasteiger partial charge in [-0.25, -0.2) is 4.98 Å². The lowest BCUT2D eigenvalue weighted by Crippen LogP contribution is -2.24. The van der Waals surface area contributed by atoms with E-state index >= 15 is 0 Å². The maximum atomic E-state index is 14.8. The minimum absolute atomic E-state index is 0.580. The van der Waals surface area contributed by atoms with Crippen LogP contribution in [0.4, 0.5) is 0 Å². The van der Waals surface area contributed by atoms with Crippen molar-refractivity contribution < 1.29 is 4.57 Å². The molecule has 40 heavy (non-hydrogen) atoms. The third kappa shape index (κ3) is 3.88. The lowest BCUT2D eigenvalue weighted by atomic mass is 9.97. The number of aromatic nitrogens is 2. The average Bonchev–Trinajstić information content (AvgIpc) is 3.04. The van der Waals surface area contributed by atoms with Crippen molar-refractivity contribution in [2.24, 2.45) is 0 Å². The summed E-state index contributed by atoms with van der Waals surface area (Å²) in [6.07, 6.45) is 1.78. The molecule has 0 unspecified atom stereocenters. The van der Waals surface area contributed by atoms with Gasteiger partial charge in [-0.15, -0.1) is 0 Å². The van der Waals surface area contributed by atoms with Gasteiger partial charge < -0.3 is 4.57 Å². The van der Waals surface area contributed by atoms with Crippen molar-refractivity contribution in [1.29, 1.82) is 5.26 Å². The first-order valence-corrected chi connectivity index (χ1v) is 14.7. The van der Waals surface area contributed by atoms with Crippen LogP contribution in [0.1, 0.15) is 5.56 Å². The standard InChI is InChI=1S/C35H22N3OP/c36-23-24-13-14-26-21-27-22-32(31-12-7-19-37-35(31)34(27)38-33(26)20-24)25-15-17-30(18-16-25)40(39,28-8-3-1-4-9-28)29-10-5-2-6-11-29/h1-22H.